The lowest BCUT2D eigenvalue weighted by Gasteiger charge is -2.13. The number of pyridine rings is 2. The normalized spacial score (nSPS) is 11.1. The molecule has 0 unspecified atom stereocenters. The molecule has 456 valence electrons. The Balaban J connectivity index is 0.000000169. The number of hydrogen-bond donors (Lipinski definition) is 4. The molecule has 0 bridgehead atoms. The number of carbonyl (C=O) groups excluding carboxylic acids is 2. The number of aryl methyl sites for hydroxylation is 2. The first-order valence-electron chi connectivity index (χ1n) is 26.7. The van der Waals surface area contributed by atoms with Crippen molar-refractivity contribution in [2.75, 3.05) is 50.1 Å². The third kappa shape index (κ3) is 15.6. The Kier molecular flexibility index (Phi) is 18.9. The van der Waals surface area contributed by atoms with Crippen LogP contribution in [-0.2, 0) is 11.8 Å². The number of benzene rings is 5. The molecule has 0 saturated carbocycles. The molecule has 0 radical (unpaired) electrons. The Labute approximate surface area is 505 Å². The van der Waals surface area contributed by atoms with Crippen LogP contribution in [0.5, 0.6) is 52.0 Å². The molecular weight excluding hydrogens is 1160 g/mol. The number of methoxy groups -OCH3 is 4. The van der Waals surface area contributed by atoms with Crippen molar-refractivity contribution in [2.24, 2.45) is 0 Å². The van der Waals surface area contributed by atoms with Gasteiger partial charge in [-0.2, -0.15) is 27.8 Å². The number of nitrogens with two attached hydrogens (primary N) is 1. The van der Waals surface area contributed by atoms with Crippen molar-refractivity contribution < 1.29 is 60.3 Å². The van der Waals surface area contributed by atoms with E-state index in [0.29, 0.717) is 85.3 Å². The number of nitrogens with one attached hydrogen (secondary N) is 3. The Morgan fingerprint density at radius 2 is 0.955 bits per heavy atom. The van der Waals surface area contributed by atoms with E-state index in [1.807, 2.05) is 12.1 Å². The quantitative estimate of drug-likeness (QED) is 0.0517. The van der Waals surface area contributed by atoms with E-state index in [1.165, 1.54) is 48.6 Å². The number of para-hydroxylation sites is 1. The third-order valence-corrected chi connectivity index (χ3v) is 12.6. The van der Waals surface area contributed by atoms with Gasteiger partial charge in [-0.1, -0.05) is 30.3 Å². The van der Waals surface area contributed by atoms with E-state index in [4.69, 9.17) is 38.9 Å². The number of hydrogen-bond acceptors (Lipinski definition) is 18. The van der Waals surface area contributed by atoms with E-state index in [9.17, 15) is 27.2 Å². The van der Waals surface area contributed by atoms with Crippen molar-refractivity contribution in [3.05, 3.63) is 187 Å². The maximum absolute atomic E-state index is 14.1. The van der Waals surface area contributed by atoms with Crippen molar-refractivity contribution in [3.8, 4) is 63.4 Å². The molecule has 5 aromatic carbocycles. The second kappa shape index (κ2) is 27.2. The standard InChI is InChI=1S/C28H25F2N7O4.C18H16F2N4O2.C16H15N3O3/c1-16-8-9-18(14-31-16)37-25(13-24(36-37)28(2,29)30)35-27(38)34-17-6-5-7-19(10-17)41-26-20-11-22(39-3)23(40-4)12-21(20)32-15-33-26;1-12-8-9-13(11-21-12)24-16(10-15(23-24)18(2,19)20)22-17(25)26-14-6-4-3-5-7-14;1-20-14-7-12-13(8-15(14)21-2)18-9-19-16(12)22-11-5-3-4-10(17)6-11/h5-15H,1-4H3,(H2,34,35,38);3-11H,1-2H3,(H,22,25);3-9H,17H2,1-2H3. The Hall–Kier alpha value is -11.6. The van der Waals surface area contributed by atoms with Crippen LogP contribution in [0.15, 0.2) is 165 Å². The molecule has 11 aromatic rings. The number of anilines is 4. The van der Waals surface area contributed by atoms with Crippen molar-refractivity contribution in [1.29, 1.82) is 0 Å². The van der Waals surface area contributed by atoms with Crippen LogP contribution >= 0.6 is 0 Å². The SMILES string of the molecule is COc1cc2ncnc(Oc3cccc(N)c3)c2cc1OC.COc1cc2ncnc(Oc3cccc(NC(=O)Nc4cc(C(C)(F)F)nn4-c4ccc(C)nc4)c3)c2cc1OC.Cc1ccc(-n2nc(C(C)(F)F)cc2NC(=O)Oc2ccccc2)cn1. The number of nitrogen functional groups attached to an aromatic ring is 1. The molecule has 27 heteroatoms. The van der Waals surface area contributed by atoms with Crippen molar-refractivity contribution >= 4 is 56.9 Å². The number of nitrogens with zero attached hydrogens (tertiary/aromatic N) is 10. The first kappa shape index (κ1) is 61.9. The van der Waals surface area contributed by atoms with E-state index in [-0.39, 0.29) is 17.5 Å². The van der Waals surface area contributed by atoms with E-state index in [0.717, 1.165) is 42.8 Å². The van der Waals surface area contributed by atoms with Crippen LogP contribution in [0.4, 0.5) is 50.2 Å². The molecule has 0 atom stereocenters. The topological polar surface area (TPSA) is 274 Å². The zero-order chi connectivity index (χ0) is 63.4. The summed E-state index contributed by atoms with van der Waals surface area (Å²) in [4.78, 5) is 50.2. The largest absolute Gasteiger partial charge is 0.493 e. The molecule has 5 N–H and O–H groups in total. The van der Waals surface area contributed by atoms with E-state index < -0.39 is 35.4 Å². The highest BCUT2D eigenvalue weighted by atomic mass is 19.3. The number of alkyl halides is 4. The summed E-state index contributed by atoms with van der Waals surface area (Å²) >= 11 is 0. The number of fused-ring (bicyclic) bond motifs is 2. The Bertz CT molecular complexity index is 4280. The fraction of sp³-hybridized carbons (Fsp3) is 0.161. The summed E-state index contributed by atoms with van der Waals surface area (Å²) in [7, 11) is 6.21. The van der Waals surface area contributed by atoms with Crippen molar-refractivity contribution in [3.63, 3.8) is 0 Å². The average molecular weight is 1220 g/mol. The smallest absolute Gasteiger partial charge is 0.418 e. The summed E-state index contributed by atoms with van der Waals surface area (Å²) in [5.74, 6) is -2.12. The van der Waals surface area contributed by atoms with E-state index in [2.05, 4.69) is 56.1 Å². The first-order chi connectivity index (χ1) is 42.7. The van der Waals surface area contributed by atoms with Crippen LogP contribution in [0.2, 0.25) is 0 Å². The maximum atomic E-state index is 14.1. The summed E-state index contributed by atoms with van der Waals surface area (Å²) in [6, 6.07) is 37.4. The summed E-state index contributed by atoms with van der Waals surface area (Å²) in [6.07, 6.45) is 4.94. The maximum Gasteiger partial charge on any atom is 0.418 e. The van der Waals surface area contributed by atoms with Gasteiger partial charge in [0.05, 0.1) is 74.0 Å². The molecule has 6 aromatic heterocycles. The van der Waals surface area contributed by atoms with Gasteiger partial charge in [-0.25, -0.2) is 38.9 Å². The van der Waals surface area contributed by atoms with Crippen LogP contribution in [0.1, 0.15) is 36.6 Å². The van der Waals surface area contributed by atoms with Crippen molar-refractivity contribution in [2.45, 2.75) is 39.5 Å². The number of aromatic nitrogens is 10. The van der Waals surface area contributed by atoms with Crippen LogP contribution in [0.25, 0.3) is 33.2 Å². The second-order valence-corrected chi connectivity index (χ2v) is 19.3. The Morgan fingerprint density at radius 3 is 1.42 bits per heavy atom. The molecule has 3 amide bonds. The number of ether oxygens (including phenoxy) is 7. The molecule has 89 heavy (non-hydrogen) atoms. The predicted molar refractivity (Wildman–Crippen MR) is 323 cm³/mol. The van der Waals surface area contributed by atoms with E-state index in [1.54, 1.807) is 143 Å². The lowest BCUT2D eigenvalue weighted by Crippen LogP contribution is -2.21. The molecule has 0 aliphatic rings. The summed E-state index contributed by atoms with van der Waals surface area (Å²) < 4.78 is 96.1. The van der Waals surface area contributed by atoms with Crippen molar-refractivity contribution in [1.82, 2.24) is 49.5 Å². The molecule has 0 fully saturated rings. The molecule has 23 nitrogen and oxygen atoms in total. The Morgan fingerprint density at radius 1 is 0.494 bits per heavy atom. The highest BCUT2D eigenvalue weighted by Crippen LogP contribution is 2.38. The van der Waals surface area contributed by atoms with Gasteiger partial charge in [-0.3, -0.25) is 20.6 Å². The number of amides is 3. The molecular formula is C62H56F4N14O9. The number of rotatable bonds is 16. The van der Waals surface area contributed by atoms with Crippen LogP contribution in [0, 0.1) is 13.8 Å². The predicted octanol–water partition coefficient (Wildman–Crippen LogP) is 13.4. The van der Waals surface area contributed by atoms with Gasteiger partial charge in [0, 0.05) is 73.0 Å². The van der Waals surface area contributed by atoms with Gasteiger partial charge in [0.15, 0.2) is 23.0 Å². The molecule has 6 heterocycles. The zero-order valence-electron chi connectivity index (χ0n) is 48.8. The molecule has 0 spiro atoms. The number of halogens is 4. The summed E-state index contributed by atoms with van der Waals surface area (Å²) in [5, 5.41) is 16.9. The van der Waals surface area contributed by atoms with Gasteiger partial charge in [0.1, 0.15) is 52.9 Å². The summed E-state index contributed by atoms with van der Waals surface area (Å²) in [5.41, 5.74) is 9.40. The van der Waals surface area contributed by atoms with Crippen LogP contribution < -0.4 is 54.8 Å². The van der Waals surface area contributed by atoms with Gasteiger partial charge >= 0.3 is 12.1 Å². The zero-order valence-corrected chi connectivity index (χ0v) is 48.8. The fourth-order valence-electron chi connectivity index (χ4n) is 8.26. The minimum atomic E-state index is -3.22. The third-order valence-electron chi connectivity index (χ3n) is 12.6. The first-order valence-corrected chi connectivity index (χ1v) is 26.7. The van der Waals surface area contributed by atoms with Gasteiger partial charge in [-0.15, -0.1) is 0 Å². The molecule has 0 saturated heterocycles. The minimum absolute atomic E-state index is 0.0360. The average Bonchev–Trinajstić information content (AvgIpc) is 3.26. The monoisotopic (exact) mass is 1220 g/mol. The second-order valence-electron chi connectivity index (χ2n) is 19.3. The minimum Gasteiger partial charge on any atom is -0.493 e. The number of carbonyl (C=O) groups is 2. The lowest BCUT2D eigenvalue weighted by atomic mass is 10.2. The van der Waals surface area contributed by atoms with Gasteiger partial charge < -0.3 is 44.2 Å². The van der Waals surface area contributed by atoms with E-state index >= 15 is 0 Å². The highest BCUT2D eigenvalue weighted by Gasteiger charge is 2.31. The molecule has 0 aliphatic heterocycles. The van der Waals surface area contributed by atoms with Crippen LogP contribution in [-0.4, -0.2) is 90.0 Å². The molecule has 0 aliphatic carbocycles. The van der Waals surface area contributed by atoms with Gasteiger partial charge in [-0.05, 0) is 86.6 Å². The molecule has 11 rings (SSSR count). The van der Waals surface area contributed by atoms with Crippen LogP contribution in [0.3, 0.4) is 0 Å². The number of urea groups is 1. The van der Waals surface area contributed by atoms with Gasteiger partial charge in [0.25, 0.3) is 11.8 Å². The van der Waals surface area contributed by atoms with Gasteiger partial charge in [0.2, 0.25) is 11.8 Å². The highest BCUT2D eigenvalue weighted by molar-refractivity contribution is 5.99. The summed E-state index contributed by atoms with van der Waals surface area (Å²) in [6.45, 7) is 5.06. The lowest BCUT2D eigenvalue weighted by molar-refractivity contribution is 0.0118. The fourth-order valence-corrected chi connectivity index (χ4v) is 8.26.